The van der Waals surface area contributed by atoms with Crippen molar-refractivity contribution in [1.29, 1.82) is 5.26 Å². The van der Waals surface area contributed by atoms with E-state index in [1.165, 1.54) is 0 Å². The van der Waals surface area contributed by atoms with E-state index in [0.29, 0.717) is 10.6 Å². The van der Waals surface area contributed by atoms with Crippen LogP contribution in [0.3, 0.4) is 0 Å². The zero-order valence-electron chi connectivity index (χ0n) is 11.6. The fourth-order valence-corrected chi connectivity index (χ4v) is 2.23. The zero-order valence-corrected chi connectivity index (χ0v) is 12.4. The molecule has 0 aliphatic carbocycles. The van der Waals surface area contributed by atoms with E-state index in [9.17, 15) is 4.79 Å². The average molecular weight is 299 g/mol. The highest BCUT2D eigenvalue weighted by Crippen LogP contribution is 2.17. The molecule has 0 radical (unpaired) electrons. The maximum Gasteiger partial charge on any atom is 0.224 e. The van der Waals surface area contributed by atoms with Gasteiger partial charge in [-0.2, -0.15) is 5.26 Å². The Morgan fingerprint density at radius 1 is 1.29 bits per heavy atom. The van der Waals surface area contributed by atoms with Crippen LogP contribution in [-0.4, -0.2) is 5.91 Å². The first-order valence-corrected chi connectivity index (χ1v) is 7.00. The molecule has 1 amide bonds. The summed E-state index contributed by atoms with van der Waals surface area (Å²) in [4.78, 5) is 12.0. The van der Waals surface area contributed by atoms with Gasteiger partial charge in [0.05, 0.1) is 24.1 Å². The Morgan fingerprint density at radius 2 is 2.00 bits per heavy atom. The summed E-state index contributed by atoms with van der Waals surface area (Å²) >= 11 is 5.94. The molecule has 3 nitrogen and oxygen atoms in total. The molecule has 0 aliphatic rings. The smallest absolute Gasteiger partial charge is 0.224 e. The first-order chi connectivity index (χ1) is 10.1. The second-order valence-corrected chi connectivity index (χ2v) is 5.27. The summed E-state index contributed by atoms with van der Waals surface area (Å²) in [6.45, 7) is 1.92. The molecule has 0 aliphatic heterocycles. The van der Waals surface area contributed by atoms with E-state index in [0.717, 1.165) is 11.1 Å². The number of nitriles is 1. The lowest BCUT2D eigenvalue weighted by Crippen LogP contribution is -2.28. The van der Waals surface area contributed by atoms with Crippen LogP contribution in [-0.2, 0) is 11.2 Å². The van der Waals surface area contributed by atoms with Crippen molar-refractivity contribution in [2.75, 3.05) is 0 Å². The second kappa shape index (κ2) is 6.92. The van der Waals surface area contributed by atoms with Crippen LogP contribution in [0.4, 0.5) is 0 Å². The molecule has 4 heteroatoms. The molecule has 1 N–H and O–H groups in total. The van der Waals surface area contributed by atoms with Crippen LogP contribution >= 0.6 is 11.6 Å². The first-order valence-electron chi connectivity index (χ1n) is 6.62. The molecule has 2 aromatic carbocycles. The number of carbonyl (C=O) groups is 1. The van der Waals surface area contributed by atoms with Crippen LogP contribution in [0, 0.1) is 11.3 Å². The third-order valence-corrected chi connectivity index (χ3v) is 3.41. The van der Waals surface area contributed by atoms with Gasteiger partial charge < -0.3 is 5.32 Å². The van der Waals surface area contributed by atoms with Gasteiger partial charge in [-0.1, -0.05) is 35.9 Å². The van der Waals surface area contributed by atoms with Crippen molar-refractivity contribution >= 4 is 17.5 Å². The largest absolute Gasteiger partial charge is 0.349 e. The van der Waals surface area contributed by atoms with Crippen LogP contribution in [0.15, 0.2) is 48.5 Å². The molecule has 0 heterocycles. The first kappa shape index (κ1) is 15.1. The molecule has 2 rings (SSSR count). The van der Waals surface area contributed by atoms with Gasteiger partial charge in [-0.15, -0.1) is 0 Å². The summed E-state index contributed by atoms with van der Waals surface area (Å²) in [6.07, 6.45) is 0.288. The number of rotatable bonds is 4. The number of nitrogens with zero attached hydrogens (tertiary/aromatic N) is 1. The fourth-order valence-electron chi connectivity index (χ4n) is 2.03. The zero-order chi connectivity index (χ0) is 15.2. The van der Waals surface area contributed by atoms with Crippen LogP contribution in [0.25, 0.3) is 0 Å². The highest BCUT2D eigenvalue weighted by atomic mass is 35.5. The Hall–Kier alpha value is -2.31. The van der Waals surface area contributed by atoms with Crippen molar-refractivity contribution in [2.24, 2.45) is 0 Å². The number of amides is 1. The van der Waals surface area contributed by atoms with E-state index in [4.69, 9.17) is 16.9 Å². The van der Waals surface area contributed by atoms with Gasteiger partial charge in [-0.05, 0) is 42.3 Å². The Morgan fingerprint density at radius 3 is 2.62 bits per heavy atom. The van der Waals surface area contributed by atoms with Gasteiger partial charge in [0.2, 0.25) is 5.91 Å². The van der Waals surface area contributed by atoms with Gasteiger partial charge in [0.15, 0.2) is 0 Å². The predicted molar refractivity (Wildman–Crippen MR) is 82.9 cm³/mol. The van der Waals surface area contributed by atoms with Gasteiger partial charge in [0.1, 0.15) is 0 Å². The molecule has 0 fully saturated rings. The van der Waals surface area contributed by atoms with Crippen LogP contribution in [0.1, 0.15) is 29.7 Å². The molecule has 106 valence electrons. The Balaban J connectivity index is 1.96. The molecule has 0 bridgehead atoms. The monoisotopic (exact) mass is 298 g/mol. The van der Waals surface area contributed by atoms with E-state index in [2.05, 4.69) is 11.4 Å². The number of halogens is 1. The van der Waals surface area contributed by atoms with Crippen molar-refractivity contribution in [3.63, 3.8) is 0 Å². The van der Waals surface area contributed by atoms with E-state index >= 15 is 0 Å². The summed E-state index contributed by atoms with van der Waals surface area (Å²) in [5.41, 5.74) is 2.44. The van der Waals surface area contributed by atoms with Crippen LogP contribution in [0.2, 0.25) is 5.02 Å². The summed E-state index contributed by atoms with van der Waals surface area (Å²) in [6, 6.07) is 16.4. The molecule has 1 unspecified atom stereocenters. The highest BCUT2D eigenvalue weighted by molar-refractivity contribution is 6.30. The molecule has 0 aromatic heterocycles. The summed E-state index contributed by atoms with van der Waals surface area (Å²) in [5, 5.41) is 12.3. The lowest BCUT2D eigenvalue weighted by atomic mass is 10.1. The fraction of sp³-hybridized carbons (Fsp3) is 0.176. The minimum absolute atomic E-state index is 0.0628. The Bertz CT molecular complexity index is 674. The molecule has 21 heavy (non-hydrogen) atoms. The number of nitrogens with one attached hydrogen (secondary N) is 1. The maximum atomic E-state index is 12.0. The predicted octanol–water partition coefficient (Wildman–Crippen LogP) is 3.63. The molecular weight excluding hydrogens is 284 g/mol. The average Bonchev–Trinajstić information content (AvgIpc) is 2.48. The molecule has 2 aromatic rings. The van der Waals surface area contributed by atoms with Gasteiger partial charge in [-0.25, -0.2) is 0 Å². The Labute approximate surface area is 129 Å². The molecule has 0 saturated heterocycles. The van der Waals surface area contributed by atoms with E-state index < -0.39 is 0 Å². The van der Waals surface area contributed by atoms with Gasteiger partial charge in [0.25, 0.3) is 0 Å². The molecular formula is C17H15ClN2O. The van der Waals surface area contributed by atoms with Crippen molar-refractivity contribution in [1.82, 2.24) is 5.32 Å². The van der Waals surface area contributed by atoms with E-state index in [1.807, 2.05) is 25.1 Å². The minimum Gasteiger partial charge on any atom is -0.349 e. The van der Waals surface area contributed by atoms with Gasteiger partial charge in [-0.3, -0.25) is 4.79 Å². The van der Waals surface area contributed by atoms with Crippen molar-refractivity contribution in [3.05, 3.63) is 70.2 Å². The lowest BCUT2D eigenvalue weighted by Gasteiger charge is -2.14. The van der Waals surface area contributed by atoms with Crippen molar-refractivity contribution in [2.45, 2.75) is 19.4 Å². The van der Waals surface area contributed by atoms with Gasteiger partial charge in [0, 0.05) is 5.02 Å². The normalized spacial score (nSPS) is 11.5. The van der Waals surface area contributed by atoms with Crippen LogP contribution < -0.4 is 5.32 Å². The Kier molecular flexibility index (Phi) is 4.97. The molecule has 0 spiro atoms. The van der Waals surface area contributed by atoms with Crippen molar-refractivity contribution in [3.8, 4) is 6.07 Å². The van der Waals surface area contributed by atoms with E-state index in [1.54, 1.807) is 30.3 Å². The number of benzene rings is 2. The second-order valence-electron chi connectivity index (χ2n) is 4.83. The number of hydrogen-bond donors (Lipinski definition) is 1. The lowest BCUT2D eigenvalue weighted by molar-refractivity contribution is -0.121. The summed E-state index contributed by atoms with van der Waals surface area (Å²) < 4.78 is 0. The third kappa shape index (κ3) is 4.34. The number of hydrogen-bond acceptors (Lipinski definition) is 2. The summed E-state index contributed by atoms with van der Waals surface area (Å²) in [7, 11) is 0. The maximum absolute atomic E-state index is 12.0. The standard InChI is InChI=1S/C17H15ClN2O/c1-12(15-3-2-4-16(18)10-15)20-17(21)9-13-5-7-14(11-19)8-6-13/h2-8,10,12H,9H2,1H3,(H,20,21). The minimum atomic E-state index is -0.102. The van der Waals surface area contributed by atoms with E-state index in [-0.39, 0.29) is 18.4 Å². The topological polar surface area (TPSA) is 52.9 Å². The van der Waals surface area contributed by atoms with Crippen molar-refractivity contribution < 1.29 is 4.79 Å². The number of carbonyl (C=O) groups excluding carboxylic acids is 1. The highest BCUT2D eigenvalue weighted by Gasteiger charge is 2.10. The summed E-state index contributed by atoms with van der Waals surface area (Å²) in [5.74, 6) is -0.0628. The van der Waals surface area contributed by atoms with Gasteiger partial charge >= 0.3 is 0 Å². The third-order valence-electron chi connectivity index (χ3n) is 3.17. The quantitative estimate of drug-likeness (QED) is 0.937. The van der Waals surface area contributed by atoms with Crippen LogP contribution in [0.5, 0.6) is 0 Å². The molecule has 0 saturated carbocycles. The SMILES string of the molecule is CC(NC(=O)Cc1ccc(C#N)cc1)c1cccc(Cl)c1. The molecule has 1 atom stereocenters.